The molecule has 52 heavy (non-hydrogen) atoms. The van der Waals surface area contributed by atoms with Crippen molar-refractivity contribution in [2.24, 2.45) is 10.8 Å². The van der Waals surface area contributed by atoms with Gasteiger partial charge in [-0.1, -0.05) is 33.8 Å². The Labute approximate surface area is 302 Å². The minimum atomic E-state index is -1.50. The second-order valence-electron chi connectivity index (χ2n) is 15.2. The van der Waals surface area contributed by atoms with Gasteiger partial charge in [-0.15, -0.1) is 0 Å². The predicted molar refractivity (Wildman–Crippen MR) is 179 cm³/mol. The SMILES string of the molecule is COc1cc(C2C3=C(CC(C)(C)CC3=O)OC3=C2C(=O)CC(C)(C)C3)ccc1O[C@@H]1OC(COC(C)=O)[C@H](OC(C)=O)C(OC(C)=O)[C@@H]1OC(C)=O. The van der Waals surface area contributed by atoms with E-state index in [1.54, 1.807) is 18.2 Å². The molecule has 2 heterocycles. The van der Waals surface area contributed by atoms with Crippen LogP contribution < -0.4 is 9.47 Å². The number of hydrogen-bond donors (Lipinski definition) is 0. The van der Waals surface area contributed by atoms with E-state index in [2.05, 4.69) is 0 Å². The van der Waals surface area contributed by atoms with Crippen LogP contribution in [-0.2, 0) is 57.2 Å². The van der Waals surface area contributed by atoms with Crippen molar-refractivity contribution >= 4 is 35.4 Å². The second-order valence-corrected chi connectivity index (χ2v) is 15.2. The molecule has 0 amide bonds. The normalized spacial score (nSPS) is 26.7. The minimum absolute atomic E-state index is 0.0924. The van der Waals surface area contributed by atoms with E-state index in [9.17, 15) is 28.8 Å². The molecule has 0 N–H and O–H groups in total. The average Bonchev–Trinajstić information content (AvgIpc) is 3.00. The van der Waals surface area contributed by atoms with Crippen molar-refractivity contribution in [2.75, 3.05) is 13.7 Å². The molecule has 2 aliphatic carbocycles. The first-order chi connectivity index (χ1) is 24.3. The van der Waals surface area contributed by atoms with Crippen LogP contribution >= 0.6 is 0 Å². The third-order valence-electron chi connectivity index (χ3n) is 9.29. The van der Waals surface area contributed by atoms with Crippen LogP contribution in [0.2, 0.25) is 0 Å². The van der Waals surface area contributed by atoms with Crippen molar-refractivity contribution < 1.29 is 66.7 Å². The highest BCUT2D eigenvalue weighted by Gasteiger charge is 2.54. The Morgan fingerprint density at radius 1 is 0.712 bits per heavy atom. The number of methoxy groups -OCH3 is 1. The number of ether oxygens (including phenoxy) is 8. The lowest BCUT2D eigenvalue weighted by atomic mass is 9.65. The molecule has 2 unspecified atom stereocenters. The Balaban J connectivity index is 1.57. The number of Topliss-reactive ketones (excluding diaryl/α,β-unsaturated/α-hetero) is 2. The second kappa shape index (κ2) is 14.7. The lowest BCUT2D eigenvalue weighted by molar-refractivity contribution is -0.288. The van der Waals surface area contributed by atoms with Gasteiger partial charge in [0, 0.05) is 70.4 Å². The Hall–Kier alpha value is -4.72. The third-order valence-corrected chi connectivity index (χ3v) is 9.29. The van der Waals surface area contributed by atoms with E-state index in [1.807, 2.05) is 27.7 Å². The number of esters is 4. The van der Waals surface area contributed by atoms with Crippen LogP contribution in [0, 0.1) is 10.8 Å². The van der Waals surface area contributed by atoms with Crippen LogP contribution in [0.4, 0.5) is 0 Å². The van der Waals surface area contributed by atoms with Crippen LogP contribution in [0.15, 0.2) is 40.9 Å². The molecule has 4 aliphatic rings. The fourth-order valence-corrected chi connectivity index (χ4v) is 7.38. The fraction of sp³-hybridized carbons (Fsp3) is 0.579. The molecule has 0 aromatic heterocycles. The summed E-state index contributed by atoms with van der Waals surface area (Å²) in [7, 11) is 1.40. The van der Waals surface area contributed by atoms with Gasteiger partial charge < -0.3 is 37.9 Å². The zero-order valence-corrected chi connectivity index (χ0v) is 30.9. The van der Waals surface area contributed by atoms with Gasteiger partial charge in [0.25, 0.3) is 0 Å². The zero-order chi connectivity index (χ0) is 38.3. The Bertz CT molecular complexity index is 1680. The van der Waals surface area contributed by atoms with Gasteiger partial charge in [0.1, 0.15) is 24.2 Å². The van der Waals surface area contributed by atoms with Crippen molar-refractivity contribution in [1.82, 2.24) is 0 Å². The minimum Gasteiger partial charge on any atom is -0.493 e. The fourth-order valence-electron chi connectivity index (χ4n) is 7.38. The lowest BCUT2D eigenvalue weighted by Crippen LogP contribution is -2.63. The van der Waals surface area contributed by atoms with Crippen molar-refractivity contribution in [1.29, 1.82) is 0 Å². The summed E-state index contributed by atoms with van der Waals surface area (Å²) in [6.07, 6.45) is -5.36. The molecule has 282 valence electrons. The number of benzene rings is 1. The molecular formula is C38H46O14. The largest absolute Gasteiger partial charge is 0.493 e. The van der Waals surface area contributed by atoms with E-state index >= 15 is 0 Å². The summed E-state index contributed by atoms with van der Waals surface area (Å²) in [6, 6.07) is 4.92. The molecule has 1 saturated heterocycles. The lowest BCUT2D eigenvalue weighted by Gasteiger charge is -2.44. The van der Waals surface area contributed by atoms with E-state index in [0.717, 1.165) is 20.8 Å². The highest BCUT2D eigenvalue weighted by atomic mass is 16.7. The summed E-state index contributed by atoms with van der Waals surface area (Å²) >= 11 is 0. The number of ketones is 2. The quantitative estimate of drug-likeness (QED) is 0.256. The summed E-state index contributed by atoms with van der Waals surface area (Å²) in [5, 5.41) is 0. The predicted octanol–water partition coefficient (Wildman–Crippen LogP) is 4.56. The van der Waals surface area contributed by atoms with Gasteiger partial charge in [0.15, 0.2) is 35.3 Å². The molecule has 1 fully saturated rings. The summed E-state index contributed by atoms with van der Waals surface area (Å²) in [5.74, 6) is -2.50. The van der Waals surface area contributed by atoms with Crippen LogP contribution in [0.25, 0.3) is 0 Å². The number of hydrogen-bond acceptors (Lipinski definition) is 14. The van der Waals surface area contributed by atoms with Gasteiger partial charge in [0.2, 0.25) is 12.4 Å². The van der Waals surface area contributed by atoms with Crippen LogP contribution in [0.1, 0.15) is 92.6 Å². The maximum atomic E-state index is 13.8. The number of carbonyl (C=O) groups excluding carboxylic acids is 6. The standard InChI is InChI=1S/C38H46O14/c1-18(39)46-17-29-33(47-19(2)40)34(48-20(3)41)35(49-21(4)42)36(52-29)51-25-11-10-22(12-26(25)45-9)30-31-23(43)13-37(5,6)15-27(31)50-28-16-38(7,8)14-24(44)32(28)30/h10-12,29-30,33-36H,13-17H2,1-9H3/t29?,33-,34?,35-,36+/m0/s1. The van der Waals surface area contributed by atoms with Gasteiger partial charge in [-0.2, -0.15) is 0 Å². The summed E-state index contributed by atoms with van der Waals surface area (Å²) in [4.78, 5) is 76.0. The molecule has 14 heteroatoms. The van der Waals surface area contributed by atoms with E-state index in [-0.39, 0.29) is 46.7 Å². The van der Waals surface area contributed by atoms with Crippen molar-refractivity contribution in [2.45, 2.75) is 118 Å². The topological polar surface area (TPSA) is 176 Å². The molecule has 0 spiro atoms. The number of rotatable bonds is 9. The van der Waals surface area contributed by atoms with E-state index in [0.29, 0.717) is 41.1 Å². The molecule has 5 atom stereocenters. The van der Waals surface area contributed by atoms with Gasteiger partial charge >= 0.3 is 23.9 Å². The highest BCUT2D eigenvalue weighted by molar-refractivity contribution is 6.06. The summed E-state index contributed by atoms with van der Waals surface area (Å²) < 4.78 is 46.2. The summed E-state index contributed by atoms with van der Waals surface area (Å²) in [6.45, 7) is 12.2. The molecule has 1 aromatic carbocycles. The third kappa shape index (κ3) is 8.32. The van der Waals surface area contributed by atoms with Crippen LogP contribution in [-0.4, -0.2) is 79.9 Å². The van der Waals surface area contributed by atoms with Crippen molar-refractivity contribution in [3.8, 4) is 11.5 Å². The maximum absolute atomic E-state index is 13.8. The van der Waals surface area contributed by atoms with Crippen molar-refractivity contribution in [3.63, 3.8) is 0 Å². The first-order valence-corrected chi connectivity index (χ1v) is 17.1. The summed E-state index contributed by atoms with van der Waals surface area (Å²) in [5.41, 5.74) is 0.830. The van der Waals surface area contributed by atoms with Crippen LogP contribution in [0.5, 0.6) is 11.5 Å². The van der Waals surface area contributed by atoms with E-state index < -0.39 is 67.1 Å². The Morgan fingerprint density at radius 2 is 1.23 bits per heavy atom. The Morgan fingerprint density at radius 3 is 1.73 bits per heavy atom. The smallest absolute Gasteiger partial charge is 0.303 e. The monoisotopic (exact) mass is 726 g/mol. The molecule has 5 rings (SSSR count). The van der Waals surface area contributed by atoms with Gasteiger partial charge in [-0.05, 0) is 28.5 Å². The first-order valence-electron chi connectivity index (χ1n) is 17.1. The highest BCUT2D eigenvalue weighted by Crippen LogP contribution is 2.54. The zero-order valence-electron chi connectivity index (χ0n) is 30.9. The average molecular weight is 727 g/mol. The van der Waals surface area contributed by atoms with Gasteiger partial charge in [-0.25, -0.2) is 0 Å². The number of allylic oxidation sites excluding steroid dienone is 4. The van der Waals surface area contributed by atoms with Gasteiger partial charge in [-0.3, -0.25) is 28.8 Å². The molecular weight excluding hydrogens is 680 g/mol. The van der Waals surface area contributed by atoms with E-state index in [1.165, 1.54) is 14.0 Å². The molecule has 14 nitrogen and oxygen atoms in total. The maximum Gasteiger partial charge on any atom is 0.303 e. The Kier molecular flexibility index (Phi) is 10.9. The van der Waals surface area contributed by atoms with E-state index in [4.69, 9.17) is 37.9 Å². The first kappa shape index (κ1) is 38.5. The number of carbonyl (C=O) groups is 6. The van der Waals surface area contributed by atoms with Crippen molar-refractivity contribution in [3.05, 3.63) is 46.4 Å². The molecule has 0 bridgehead atoms. The molecule has 0 saturated carbocycles. The molecule has 2 aliphatic heterocycles. The molecule has 1 aromatic rings. The molecule has 0 radical (unpaired) electrons. The van der Waals surface area contributed by atoms with Crippen LogP contribution in [0.3, 0.4) is 0 Å². The van der Waals surface area contributed by atoms with Gasteiger partial charge in [0.05, 0.1) is 7.11 Å².